The van der Waals surface area contributed by atoms with Crippen LogP contribution in [-0.2, 0) is 9.59 Å². The molecule has 17 heavy (non-hydrogen) atoms. The minimum atomic E-state index is 0.0345. The van der Waals surface area contributed by atoms with Gasteiger partial charge in [-0.05, 0) is 44.2 Å². The predicted octanol–water partition coefficient (Wildman–Crippen LogP) is 1.31. The zero-order valence-electron chi connectivity index (χ0n) is 10.6. The minimum Gasteiger partial charge on any atom is -0.317 e. The summed E-state index contributed by atoms with van der Waals surface area (Å²) in [5.74, 6) is 0.0690. The number of carbonyl (C=O) groups excluding carboxylic acids is 2. The van der Waals surface area contributed by atoms with E-state index in [0.717, 1.165) is 38.8 Å². The maximum absolute atomic E-state index is 11.9. The van der Waals surface area contributed by atoms with Gasteiger partial charge >= 0.3 is 0 Å². The van der Waals surface area contributed by atoms with Crippen molar-refractivity contribution >= 4 is 11.8 Å². The van der Waals surface area contributed by atoms with Gasteiger partial charge in [0, 0.05) is 19.4 Å². The molecule has 0 unspecified atom stereocenters. The lowest BCUT2D eigenvalue weighted by molar-refractivity contribution is -0.145. The van der Waals surface area contributed by atoms with E-state index in [4.69, 9.17) is 0 Å². The van der Waals surface area contributed by atoms with Gasteiger partial charge < -0.3 is 5.32 Å². The van der Waals surface area contributed by atoms with Crippen molar-refractivity contribution in [3.05, 3.63) is 0 Å². The Morgan fingerprint density at radius 2 is 1.65 bits per heavy atom. The molecule has 96 valence electrons. The van der Waals surface area contributed by atoms with E-state index in [0.29, 0.717) is 19.4 Å². The average molecular weight is 238 g/mol. The molecule has 2 aliphatic rings. The monoisotopic (exact) mass is 238 g/mol. The lowest BCUT2D eigenvalue weighted by atomic mass is 9.80. The van der Waals surface area contributed by atoms with Crippen LogP contribution >= 0.6 is 0 Å². The molecular weight excluding hydrogens is 216 g/mol. The molecule has 2 heterocycles. The van der Waals surface area contributed by atoms with E-state index in [1.54, 1.807) is 0 Å². The molecule has 0 atom stereocenters. The molecule has 2 fully saturated rings. The molecule has 0 aromatic rings. The predicted molar refractivity (Wildman–Crippen MR) is 65.4 cm³/mol. The third kappa shape index (κ3) is 3.06. The smallest absolute Gasteiger partial charge is 0.229 e. The summed E-state index contributed by atoms with van der Waals surface area (Å²) in [4.78, 5) is 25.4. The molecule has 0 aromatic carbocycles. The van der Waals surface area contributed by atoms with Gasteiger partial charge in [0.15, 0.2) is 0 Å². The first-order valence-corrected chi connectivity index (χ1v) is 6.65. The van der Waals surface area contributed by atoms with Gasteiger partial charge in [-0.25, -0.2) is 0 Å². The normalized spacial score (nSPS) is 25.8. The molecule has 0 aliphatic carbocycles. The van der Waals surface area contributed by atoms with Crippen LogP contribution in [0.2, 0.25) is 0 Å². The first-order chi connectivity index (χ1) is 8.11. The van der Waals surface area contributed by atoms with Crippen molar-refractivity contribution in [2.45, 2.75) is 45.4 Å². The zero-order chi connectivity index (χ0) is 12.3. The van der Waals surface area contributed by atoms with E-state index in [1.165, 1.54) is 4.90 Å². The SMILES string of the molecule is CC1(CN2C(=O)CCCCC2=O)CCNCC1. The number of piperidine rings is 1. The van der Waals surface area contributed by atoms with Crippen LogP contribution in [-0.4, -0.2) is 36.3 Å². The third-order valence-electron chi connectivity index (χ3n) is 3.98. The molecular formula is C13H22N2O2. The number of rotatable bonds is 2. The summed E-state index contributed by atoms with van der Waals surface area (Å²) in [6, 6.07) is 0. The highest BCUT2D eigenvalue weighted by Crippen LogP contribution is 2.30. The number of carbonyl (C=O) groups is 2. The Labute approximate surface area is 103 Å². The zero-order valence-corrected chi connectivity index (χ0v) is 10.6. The quantitative estimate of drug-likeness (QED) is 0.738. The Morgan fingerprint density at radius 1 is 1.12 bits per heavy atom. The van der Waals surface area contributed by atoms with Crippen LogP contribution in [0.1, 0.15) is 45.4 Å². The van der Waals surface area contributed by atoms with Crippen molar-refractivity contribution in [3.63, 3.8) is 0 Å². The highest BCUT2D eigenvalue weighted by atomic mass is 16.2. The van der Waals surface area contributed by atoms with E-state index in [1.807, 2.05) is 0 Å². The molecule has 0 aromatic heterocycles. The number of likely N-dealkylation sites (tertiary alicyclic amines) is 1. The second-order valence-electron chi connectivity index (χ2n) is 5.64. The molecule has 0 spiro atoms. The first-order valence-electron chi connectivity index (χ1n) is 6.65. The van der Waals surface area contributed by atoms with E-state index in [2.05, 4.69) is 12.2 Å². The Kier molecular flexibility index (Phi) is 3.82. The molecule has 0 saturated carbocycles. The van der Waals surface area contributed by atoms with Crippen LogP contribution in [0.5, 0.6) is 0 Å². The molecule has 4 nitrogen and oxygen atoms in total. The summed E-state index contributed by atoms with van der Waals surface area (Å²) in [6.45, 7) is 4.80. The van der Waals surface area contributed by atoms with E-state index in [9.17, 15) is 9.59 Å². The Balaban J connectivity index is 2.03. The topological polar surface area (TPSA) is 49.4 Å². The molecule has 4 heteroatoms. The largest absolute Gasteiger partial charge is 0.317 e. The second-order valence-corrected chi connectivity index (χ2v) is 5.64. The molecule has 2 amide bonds. The van der Waals surface area contributed by atoms with Gasteiger partial charge in [-0.15, -0.1) is 0 Å². The maximum Gasteiger partial charge on any atom is 0.229 e. The van der Waals surface area contributed by atoms with Crippen LogP contribution in [0.4, 0.5) is 0 Å². The van der Waals surface area contributed by atoms with Crippen LogP contribution in [0, 0.1) is 5.41 Å². The number of hydrogen-bond acceptors (Lipinski definition) is 3. The summed E-state index contributed by atoms with van der Waals surface area (Å²) < 4.78 is 0. The van der Waals surface area contributed by atoms with Crippen molar-refractivity contribution in [2.75, 3.05) is 19.6 Å². The third-order valence-corrected chi connectivity index (χ3v) is 3.98. The van der Waals surface area contributed by atoms with Gasteiger partial charge in [-0.1, -0.05) is 6.92 Å². The summed E-state index contributed by atoms with van der Waals surface area (Å²) in [5.41, 5.74) is 0.112. The summed E-state index contributed by atoms with van der Waals surface area (Å²) in [7, 11) is 0. The van der Waals surface area contributed by atoms with Gasteiger partial charge in [-0.3, -0.25) is 14.5 Å². The van der Waals surface area contributed by atoms with Crippen LogP contribution < -0.4 is 5.32 Å². The number of nitrogens with zero attached hydrogens (tertiary/aromatic N) is 1. The second kappa shape index (κ2) is 5.17. The maximum atomic E-state index is 11.9. The Hall–Kier alpha value is -0.900. The van der Waals surface area contributed by atoms with Gasteiger partial charge in [-0.2, -0.15) is 0 Å². The summed E-state index contributed by atoms with van der Waals surface area (Å²) in [5, 5.41) is 3.32. The molecule has 2 aliphatic heterocycles. The van der Waals surface area contributed by atoms with Crippen molar-refractivity contribution in [1.29, 1.82) is 0 Å². The minimum absolute atomic E-state index is 0.0345. The van der Waals surface area contributed by atoms with Crippen molar-refractivity contribution in [2.24, 2.45) is 5.41 Å². The standard InChI is InChI=1S/C13H22N2O2/c1-13(6-8-14-9-7-13)10-15-11(16)4-2-3-5-12(15)17/h14H,2-10H2,1H3. The number of nitrogens with one attached hydrogen (secondary N) is 1. The molecule has 2 rings (SSSR count). The fourth-order valence-electron chi connectivity index (χ4n) is 2.71. The number of imide groups is 1. The summed E-state index contributed by atoms with van der Waals surface area (Å²) in [6.07, 6.45) is 4.90. The van der Waals surface area contributed by atoms with Crippen LogP contribution in [0.25, 0.3) is 0 Å². The fourth-order valence-corrected chi connectivity index (χ4v) is 2.71. The number of hydrogen-bond donors (Lipinski definition) is 1. The highest BCUT2D eigenvalue weighted by molar-refractivity contribution is 5.96. The van der Waals surface area contributed by atoms with E-state index in [-0.39, 0.29) is 17.2 Å². The van der Waals surface area contributed by atoms with Gasteiger partial charge in [0.2, 0.25) is 11.8 Å². The van der Waals surface area contributed by atoms with E-state index >= 15 is 0 Å². The first kappa shape index (κ1) is 12.6. The van der Waals surface area contributed by atoms with E-state index < -0.39 is 0 Å². The Bertz CT molecular complexity index is 291. The Morgan fingerprint density at radius 3 is 2.18 bits per heavy atom. The van der Waals surface area contributed by atoms with Crippen molar-refractivity contribution in [1.82, 2.24) is 10.2 Å². The molecule has 0 bridgehead atoms. The summed E-state index contributed by atoms with van der Waals surface area (Å²) >= 11 is 0. The van der Waals surface area contributed by atoms with Crippen LogP contribution in [0.15, 0.2) is 0 Å². The molecule has 0 radical (unpaired) electrons. The van der Waals surface area contributed by atoms with Crippen LogP contribution in [0.3, 0.4) is 0 Å². The van der Waals surface area contributed by atoms with Gasteiger partial charge in [0.05, 0.1) is 0 Å². The lowest BCUT2D eigenvalue weighted by Crippen LogP contribution is -2.46. The van der Waals surface area contributed by atoms with Crippen molar-refractivity contribution in [3.8, 4) is 0 Å². The number of amides is 2. The highest BCUT2D eigenvalue weighted by Gasteiger charge is 2.34. The van der Waals surface area contributed by atoms with Crippen molar-refractivity contribution < 1.29 is 9.59 Å². The van der Waals surface area contributed by atoms with Gasteiger partial charge in [0.1, 0.15) is 0 Å². The average Bonchev–Trinajstić information content (AvgIpc) is 2.45. The molecule has 2 saturated heterocycles. The lowest BCUT2D eigenvalue weighted by Gasteiger charge is -2.37. The van der Waals surface area contributed by atoms with Gasteiger partial charge in [0.25, 0.3) is 0 Å². The molecule has 1 N–H and O–H groups in total. The fraction of sp³-hybridized carbons (Fsp3) is 0.846.